The molecule has 2 rings (SSSR count). The third-order valence-electron chi connectivity index (χ3n) is 3.56. The predicted octanol–water partition coefficient (Wildman–Crippen LogP) is 1.01. The molecule has 0 amide bonds. The standard InChI is InChI=1S/C14H24N4O/c1-3-6-18-7-8-19-13(10-18)14(17-15)12-5-4-11(2)16-9-12/h4-5,9,13-14,17H,3,6-8,10,15H2,1-2H3. The lowest BCUT2D eigenvalue weighted by molar-refractivity contribution is -0.0471. The number of nitrogens with zero attached hydrogens (tertiary/aromatic N) is 2. The fraction of sp³-hybridized carbons (Fsp3) is 0.643. The summed E-state index contributed by atoms with van der Waals surface area (Å²) in [6.07, 6.45) is 3.12. The normalized spacial score (nSPS) is 22.4. The predicted molar refractivity (Wildman–Crippen MR) is 75.5 cm³/mol. The van der Waals surface area contributed by atoms with Crippen LogP contribution in [-0.4, -0.2) is 42.2 Å². The molecule has 0 spiro atoms. The summed E-state index contributed by atoms with van der Waals surface area (Å²) in [6.45, 7) is 7.98. The second-order valence-electron chi connectivity index (χ2n) is 5.09. The first-order valence-corrected chi connectivity index (χ1v) is 6.97. The van der Waals surface area contributed by atoms with E-state index in [2.05, 4.69) is 28.3 Å². The zero-order valence-electron chi connectivity index (χ0n) is 11.8. The number of ether oxygens (including phenoxy) is 1. The molecule has 5 heteroatoms. The molecule has 0 aliphatic carbocycles. The van der Waals surface area contributed by atoms with Crippen LogP contribution in [0, 0.1) is 6.92 Å². The number of nitrogens with two attached hydrogens (primary N) is 1. The monoisotopic (exact) mass is 264 g/mol. The molecule has 1 aliphatic heterocycles. The van der Waals surface area contributed by atoms with Gasteiger partial charge in [-0.25, -0.2) is 0 Å². The van der Waals surface area contributed by atoms with E-state index in [9.17, 15) is 0 Å². The largest absolute Gasteiger partial charge is 0.374 e. The molecule has 1 aromatic heterocycles. The van der Waals surface area contributed by atoms with Gasteiger partial charge in [0.1, 0.15) is 0 Å². The minimum atomic E-state index is -0.00671. The Morgan fingerprint density at radius 3 is 3.05 bits per heavy atom. The molecule has 5 nitrogen and oxygen atoms in total. The van der Waals surface area contributed by atoms with Crippen molar-refractivity contribution in [3.05, 3.63) is 29.6 Å². The second kappa shape index (κ2) is 6.96. The summed E-state index contributed by atoms with van der Waals surface area (Å²) in [5.74, 6) is 5.72. The third-order valence-corrected chi connectivity index (χ3v) is 3.56. The number of aromatic nitrogens is 1. The Bertz CT molecular complexity index is 380. The maximum atomic E-state index is 5.88. The smallest absolute Gasteiger partial charge is 0.0910 e. The zero-order chi connectivity index (χ0) is 13.7. The molecule has 19 heavy (non-hydrogen) atoms. The van der Waals surface area contributed by atoms with Crippen molar-refractivity contribution in [3.63, 3.8) is 0 Å². The molecular weight excluding hydrogens is 240 g/mol. The highest BCUT2D eigenvalue weighted by atomic mass is 16.5. The van der Waals surface area contributed by atoms with Crippen LogP contribution in [0.5, 0.6) is 0 Å². The van der Waals surface area contributed by atoms with E-state index in [0.29, 0.717) is 0 Å². The third kappa shape index (κ3) is 3.73. The van der Waals surface area contributed by atoms with E-state index in [1.54, 1.807) is 0 Å². The first-order chi connectivity index (χ1) is 9.24. The summed E-state index contributed by atoms with van der Waals surface area (Å²) in [7, 11) is 0. The fourth-order valence-electron chi connectivity index (χ4n) is 2.53. The number of aryl methyl sites for hydroxylation is 1. The van der Waals surface area contributed by atoms with Crippen LogP contribution in [0.3, 0.4) is 0 Å². The maximum absolute atomic E-state index is 5.88. The van der Waals surface area contributed by atoms with E-state index in [1.165, 1.54) is 6.42 Å². The highest BCUT2D eigenvalue weighted by Gasteiger charge is 2.28. The molecule has 1 aliphatic rings. The van der Waals surface area contributed by atoms with Crippen molar-refractivity contribution < 1.29 is 4.74 Å². The van der Waals surface area contributed by atoms with Gasteiger partial charge in [0, 0.05) is 25.0 Å². The van der Waals surface area contributed by atoms with Gasteiger partial charge >= 0.3 is 0 Å². The van der Waals surface area contributed by atoms with Crippen LogP contribution < -0.4 is 11.3 Å². The van der Waals surface area contributed by atoms with Crippen LogP contribution in [0.1, 0.15) is 30.6 Å². The van der Waals surface area contributed by atoms with Gasteiger partial charge in [0.2, 0.25) is 0 Å². The Morgan fingerprint density at radius 2 is 2.42 bits per heavy atom. The van der Waals surface area contributed by atoms with Crippen molar-refractivity contribution >= 4 is 0 Å². The highest BCUT2D eigenvalue weighted by Crippen LogP contribution is 2.21. The molecule has 0 bridgehead atoms. The molecule has 0 saturated carbocycles. The molecule has 2 heterocycles. The van der Waals surface area contributed by atoms with E-state index in [0.717, 1.165) is 37.5 Å². The van der Waals surface area contributed by atoms with E-state index >= 15 is 0 Å². The van der Waals surface area contributed by atoms with Gasteiger partial charge in [-0.15, -0.1) is 0 Å². The average Bonchev–Trinajstić information content (AvgIpc) is 2.43. The number of rotatable bonds is 5. The average molecular weight is 264 g/mol. The van der Waals surface area contributed by atoms with Crippen molar-refractivity contribution in [2.75, 3.05) is 26.2 Å². The summed E-state index contributed by atoms with van der Waals surface area (Å²) in [4.78, 5) is 6.76. The van der Waals surface area contributed by atoms with Gasteiger partial charge in [0.05, 0.1) is 18.8 Å². The molecule has 1 saturated heterocycles. The molecule has 2 atom stereocenters. The van der Waals surface area contributed by atoms with Gasteiger partial charge in [-0.3, -0.25) is 21.2 Å². The molecule has 0 radical (unpaired) electrons. The fourth-order valence-corrected chi connectivity index (χ4v) is 2.53. The lowest BCUT2D eigenvalue weighted by Crippen LogP contribution is -2.49. The number of morpholine rings is 1. The van der Waals surface area contributed by atoms with E-state index in [1.807, 2.05) is 19.2 Å². The Morgan fingerprint density at radius 1 is 1.58 bits per heavy atom. The van der Waals surface area contributed by atoms with Crippen LogP contribution in [0.4, 0.5) is 0 Å². The lowest BCUT2D eigenvalue weighted by Gasteiger charge is -2.36. The van der Waals surface area contributed by atoms with Crippen LogP contribution in [0.2, 0.25) is 0 Å². The van der Waals surface area contributed by atoms with Crippen LogP contribution in [0.15, 0.2) is 18.3 Å². The van der Waals surface area contributed by atoms with Gasteiger partial charge in [0.15, 0.2) is 0 Å². The van der Waals surface area contributed by atoms with Gasteiger partial charge in [-0.1, -0.05) is 13.0 Å². The quantitative estimate of drug-likeness (QED) is 0.614. The van der Waals surface area contributed by atoms with Crippen LogP contribution in [-0.2, 0) is 4.74 Å². The summed E-state index contributed by atoms with van der Waals surface area (Å²) >= 11 is 0. The highest BCUT2D eigenvalue weighted by molar-refractivity contribution is 5.18. The Labute approximate surface area is 115 Å². The Kier molecular flexibility index (Phi) is 5.27. The molecule has 2 unspecified atom stereocenters. The molecule has 1 aromatic rings. The van der Waals surface area contributed by atoms with Crippen molar-refractivity contribution in [1.82, 2.24) is 15.3 Å². The van der Waals surface area contributed by atoms with Gasteiger partial charge < -0.3 is 4.74 Å². The molecular formula is C14H24N4O. The number of nitrogens with one attached hydrogen (secondary N) is 1. The van der Waals surface area contributed by atoms with Gasteiger partial charge in [-0.2, -0.15) is 0 Å². The van der Waals surface area contributed by atoms with Crippen molar-refractivity contribution in [2.45, 2.75) is 32.4 Å². The summed E-state index contributed by atoms with van der Waals surface area (Å²) in [5, 5.41) is 0. The molecule has 0 aromatic carbocycles. The van der Waals surface area contributed by atoms with E-state index < -0.39 is 0 Å². The summed E-state index contributed by atoms with van der Waals surface area (Å²) in [5.41, 5.74) is 4.97. The summed E-state index contributed by atoms with van der Waals surface area (Å²) in [6, 6.07) is 4.06. The lowest BCUT2D eigenvalue weighted by atomic mass is 10.0. The van der Waals surface area contributed by atoms with Gasteiger partial charge in [0.25, 0.3) is 0 Å². The number of hydrogen-bond acceptors (Lipinski definition) is 5. The van der Waals surface area contributed by atoms with Crippen molar-refractivity contribution in [1.29, 1.82) is 0 Å². The maximum Gasteiger partial charge on any atom is 0.0910 e. The Balaban J connectivity index is 2.06. The molecule has 1 fully saturated rings. The molecule has 106 valence electrons. The van der Waals surface area contributed by atoms with E-state index in [4.69, 9.17) is 10.6 Å². The number of hydrazine groups is 1. The van der Waals surface area contributed by atoms with Gasteiger partial charge in [-0.05, 0) is 31.5 Å². The van der Waals surface area contributed by atoms with Crippen molar-refractivity contribution in [3.8, 4) is 0 Å². The second-order valence-corrected chi connectivity index (χ2v) is 5.09. The SMILES string of the molecule is CCCN1CCOC(C(NN)c2ccc(C)nc2)C1. The topological polar surface area (TPSA) is 63.4 Å². The van der Waals surface area contributed by atoms with E-state index in [-0.39, 0.29) is 12.1 Å². The van der Waals surface area contributed by atoms with Crippen LogP contribution in [0.25, 0.3) is 0 Å². The minimum absolute atomic E-state index is 0.00671. The molecule has 3 N–H and O–H groups in total. The number of pyridine rings is 1. The summed E-state index contributed by atoms with van der Waals surface area (Å²) < 4.78 is 5.88. The zero-order valence-corrected chi connectivity index (χ0v) is 11.8. The Hall–Kier alpha value is -1.01. The first kappa shape index (κ1) is 14.4. The van der Waals surface area contributed by atoms with Crippen LogP contribution >= 0.6 is 0 Å². The van der Waals surface area contributed by atoms with Crippen molar-refractivity contribution in [2.24, 2.45) is 5.84 Å². The first-order valence-electron chi connectivity index (χ1n) is 6.97. The number of hydrogen-bond donors (Lipinski definition) is 2. The minimum Gasteiger partial charge on any atom is -0.374 e.